The Kier molecular flexibility index (Phi) is 6.88. The summed E-state index contributed by atoms with van der Waals surface area (Å²) in [5, 5.41) is 6.23. The number of nitrogens with one attached hydrogen (secondary N) is 2. The first-order valence-electron chi connectivity index (χ1n) is 8.72. The summed E-state index contributed by atoms with van der Waals surface area (Å²) in [5.74, 6) is -0.154. The van der Waals surface area contributed by atoms with E-state index < -0.39 is 11.7 Å². The number of nitrogens with zero attached hydrogens (tertiary/aromatic N) is 3. The minimum Gasteiger partial charge on any atom is -0.367 e. The molecule has 2 aromatic heterocycles. The van der Waals surface area contributed by atoms with Crippen LogP contribution in [0.2, 0.25) is 5.02 Å². The Morgan fingerprint density at radius 3 is 2.57 bits per heavy atom. The van der Waals surface area contributed by atoms with E-state index in [-0.39, 0.29) is 29.8 Å². The van der Waals surface area contributed by atoms with Crippen molar-refractivity contribution in [1.29, 1.82) is 0 Å². The molecule has 0 aliphatic heterocycles. The molecule has 1 amide bonds. The molecular weight excluding hydrogens is 439 g/mol. The molecule has 2 heterocycles. The van der Waals surface area contributed by atoms with Crippen molar-refractivity contribution in [2.75, 3.05) is 24.7 Å². The number of pyridine rings is 1. The monoisotopic (exact) mass is 455 g/mol. The summed E-state index contributed by atoms with van der Waals surface area (Å²) in [7, 11) is 0. The van der Waals surface area contributed by atoms with Crippen LogP contribution in [-0.4, -0.2) is 39.8 Å². The quantitative estimate of drug-likeness (QED) is 0.405. The molecule has 0 aliphatic rings. The van der Waals surface area contributed by atoms with Crippen LogP contribution in [0, 0.1) is 0 Å². The van der Waals surface area contributed by atoms with Gasteiger partial charge in [-0.3, -0.25) is 9.36 Å². The van der Waals surface area contributed by atoms with E-state index in [9.17, 15) is 18.0 Å². The number of aromatic nitrogens is 3. The normalized spacial score (nSPS) is 11.4. The number of hydrogen-bond donors (Lipinski definition) is 2. The zero-order valence-electron chi connectivity index (χ0n) is 15.7. The van der Waals surface area contributed by atoms with Crippen LogP contribution in [0.1, 0.15) is 15.9 Å². The van der Waals surface area contributed by atoms with Crippen LogP contribution in [0.5, 0.6) is 0 Å². The number of rotatable bonds is 7. The minimum absolute atomic E-state index is 0.119. The van der Waals surface area contributed by atoms with Crippen LogP contribution in [0.4, 0.5) is 19.0 Å². The number of imidazole rings is 1. The number of amides is 1. The lowest BCUT2D eigenvalue weighted by molar-refractivity contribution is -0.137. The molecule has 30 heavy (non-hydrogen) atoms. The van der Waals surface area contributed by atoms with Crippen molar-refractivity contribution in [3.05, 3.63) is 65.1 Å². The number of benzene rings is 1. The fourth-order valence-corrected chi connectivity index (χ4v) is 3.36. The Hall–Kier alpha value is -2.72. The van der Waals surface area contributed by atoms with Crippen LogP contribution in [0.15, 0.2) is 54.1 Å². The van der Waals surface area contributed by atoms with Crippen LogP contribution in [0.3, 0.4) is 0 Å². The van der Waals surface area contributed by atoms with E-state index in [1.165, 1.54) is 11.8 Å². The topological polar surface area (TPSA) is 71.8 Å². The number of hydrogen-bond acceptors (Lipinski definition) is 5. The molecule has 0 bridgehead atoms. The lowest BCUT2D eigenvalue weighted by Gasteiger charge is -2.11. The molecule has 1 aromatic carbocycles. The zero-order chi connectivity index (χ0) is 21.7. The zero-order valence-corrected chi connectivity index (χ0v) is 17.3. The van der Waals surface area contributed by atoms with Gasteiger partial charge in [-0.1, -0.05) is 23.4 Å². The van der Waals surface area contributed by atoms with Gasteiger partial charge in [0.1, 0.15) is 5.82 Å². The Morgan fingerprint density at radius 2 is 1.93 bits per heavy atom. The lowest BCUT2D eigenvalue weighted by Crippen LogP contribution is -2.29. The highest BCUT2D eigenvalue weighted by molar-refractivity contribution is 7.98. The van der Waals surface area contributed by atoms with Crippen LogP contribution in [-0.2, 0) is 6.18 Å². The van der Waals surface area contributed by atoms with Gasteiger partial charge in [-0.05, 0) is 36.6 Å². The van der Waals surface area contributed by atoms with E-state index in [1.54, 1.807) is 18.3 Å². The minimum atomic E-state index is -4.51. The second-order valence-corrected chi connectivity index (χ2v) is 7.25. The van der Waals surface area contributed by atoms with Crippen LogP contribution in [0.25, 0.3) is 5.69 Å². The Bertz CT molecular complexity index is 1020. The molecule has 0 radical (unpaired) electrons. The Labute approximate surface area is 179 Å². The number of carbonyl (C=O) groups excluding carboxylic acids is 1. The third-order valence-electron chi connectivity index (χ3n) is 4.07. The van der Waals surface area contributed by atoms with Crippen LogP contribution < -0.4 is 10.6 Å². The maximum absolute atomic E-state index is 12.6. The van der Waals surface area contributed by atoms with Crippen molar-refractivity contribution in [3.63, 3.8) is 0 Å². The molecule has 3 aromatic rings. The molecule has 3 rings (SSSR count). The average molecular weight is 456 g/mol. The molecule has 2 N–H and O–H groups in total. The molecule has 0 spiro atoms. The highest BCUT2D eigenvalue weighted by Gasteiger charge is 2.31. The van der Waals surface area contributed by atoms with Gasteiger partial charge in [0.05, 0.1) is 10.6 Å². The SMILES string of the molecule is CSc1nccn1-c1ccc(C(=O)NCCNc2ncc(C(F)(F)F)cc2Cl)cc1. The van der Waals surface area contributed by atoms with E-state index in [1.807, 2.05) is 29.2 Å². The molecule has 0 unspecified atom stereocenters. The van der Waals surface area contributed by atoms with Gasteiger partial charge in [0.2, 0.25) is 0 Å². The van der Waals surface area contributed by atoms with Crippen molar-refractivity contribution in [3.8, 4) is 5.69 Å². The van der Waals surface area contributed by atoms with Gasteiger partial charge in [-0.25, -0.2) is 9.97 Å². The third kappa shape index (κ3) is 5.25. The van der Waals surface area contributed by atoms with Crippen molar-refractivity contribution in [2.45, 2.75) is 11.3 Å². The molecule has 0 fully saturated rings. The van der Waals surface area contributed by atoms with Gasteiger partial charge in [0.15, 0.2) is 5.16 Å². The first-order valence-corrected chi connectivity index (χ1v) is 10.3. The standard InChI is InChI=1S/C19H17ClF3N5OS/c1-30-18-26-8-9-28(18)14-4-2-12(3-5-14)17(29)25-7-6-24-16-15(20)10-13(11-27-16)19(21,22)23/h2-5,8-11H,6-7H2,1H3,(H,24,27)(H,25,29). The smallest absolute Gasteiger partial charge is 0.367 e. The van der Waals surface area contributed by atoms with Crippen molar-refractivity contribution < 1.29 is 18.0 Å². The molecule has 0 saturated heterocycles. The molecule has 0 atom stereocenters. The summed E-state index contributed by atoms with van der Waals surface area (Å²) in [6.45, 7) is 0.478. The second-order valence-electron chi connectivity index (χ2n) is 6.07. The predicted molar refractivity (Wildman–Crippen MR) is 110 cm³/mol. The molecular formula is C19H17ClF3N5OS. The van der Waals surface area contributed by atoms with Gasteiger partial charge in [0.25, 0.3) is 5.91 Å². The second kappa shape index (κ2) is 9.40. The van der Waals surface area contributed by atoms with Crippen molar-refractivity contribution in [1.82, 2.24) is 19.9 Å². The summed E-state index contributed by atoms with van der Waals surface area (Å²) >= 11 is 7.35. The van der Waals surface area contributed by atoms with Gasteiger partial charge in [-0.2, -0.15) is 13.2 Å². The molecule has 0 saturated carbocycles. The maximum Gasteiger partial charge on any atom is 0.417 e. The molecule has 6 nitrogen and oxygen atoms in total. The van der Waals surface area contributed by atoms with E-state index in [4.69, 9.17) is 11.6 Å². The molecule has 0 aliphatic carbocycles. The first-order chi connectivity index (χ1) is 14.3. The van der Waals surface area contributed by atoms with E-state index in [2.05, 4.69) is 20.6 Å². The summed E-state index contributed by atoms with van der Waals surface area (Å²) in [4.78, 5) is 20.2. The van der Waals surface area contributed by atoms with Gasteiger partial charge in [-0.15, -0.1) is 0 Å². The number of anilines is 1. The highest BCUT2D eigenvalue weighted by atomic mass is 35.5. The van der Waals surface area contributed by atoms with E-state index in [0.29, 0.717) is 11.8 Å². The van der Waals surface area contributed by atoms with Crippen LogP contribution >= 0.6 is 23.4 Å². The maximum atomic E-state index is 12.6. The summed E-state index contributed by atoms with van der Waals surface area (Å²) in [6.07, 6.45) is 1.68. The summed E-state index contributed by atoms with van der Waals surface area (Å²) in [6, 6.07) is 7.85. The summed E-state index contributed by atoms with van der Waals surface area (Å²) < 4.78 is 39.8. The highest BCUT2D eigenvalue weighted by Crippen LogP contribution is 2.32. The predicted octanol–water partition coefficient (Wildman–Crippen LogP) is 4.50. The largest absolute Gasteiger partial charge is 0.417 e. The molecule has 11 heteroatoms. The fourth-order valence-electron chi connectivity index (χ4n) is 2.59. The fraction of sp³-hybridized carbons (Fsp3) is 0.211. The van der Waals surface area contributed by atoms with E-state index >= 15 is 0 Å². The van der Waals surface area contributed by atoms with E-state index in [0.717, 1.165) is 16.9 Å². The summed E-state index contributed by atoms with van der Waals surface area (Å²) in [5.41, 5.74) is 0.448. The number of thioether (sulfide) groups is 1. The Balaban J connectivity index is 1.51. The lowest BCUT2D eigenvalue weighted by atomic mass is 10.2. The first kappa shape index (κ1) is 22.0. The molecule has 158 valence electrons. The number of alkyl halides is 3. The van der Waals surface area contributed by atoms with Gasteiger partial charge in [0, 0.05) is 42.9 Å². The third-order valence-corrected chi connectivity index (χ3v) is 5.02. The number of carbonyl (C=O) groups is 1. The van der Waals surface area contributed by atoms with Gasteiger partial charge >= 0.3 is 6.18 Å². The van der Waals surface area contributed by atoms with Gasteiger partial charge < -0.3 is 10.6 Å². The Morgan fingerprint density at radius 1 is 1.20 bits per heavy atom. The van der Waals surface area contributed by atoms with Crippen molar-refractivity contribution >= 4 is 35.1 Å². The van der Waals surface area contributed by atoms with Crippen molar-refractivity contribution in [2.24, 2.45) is 0 Å². The average Bonchev–Trinajstić information content (AvgIpc) is 3.20. The number of halogens is 4.